The number of hydrogen-bond donors (Lipinski definition) is 3. The summed E-state index contributed by atoms with van der Waals surface area (Å²) in [5.41, 5.74) is 2.00. The van der Waals surface area contributed by atoms with E-state index in [4.69, 9.17) is 14.5 Å². The van der Waals surface area contributed by atoms with Crippen molar-refractivity contribution in [1.82, 2.24) is 23.9 Å². The molecule has 3 aromatic rings. The number of nitrogens with zero attached hydrogens (tertiary/aromatic N) is 5. The summed E-state index contributed by atoms with van der Waals surface area (Å²) >= 11 is 0. The van der Waals surface area contributed by atoms with Gasteiger partial charge in [0.2, 0.25) is 0 Å². The minimum absolute atomic E-state index is 0.320. The summed E-state index contributed by atoms with van der Waals surface area (Å²) in [6.45, 7) is 0.0173. The lowest BCUT2D eigenvalue weighted by atomic mass is 10.1. The van der Waals surface area contributed by atoms with Gasteiger partial charge < -0.3 is 24.2 Å². The van der Waals surface area contributed by atoms with E-state index < -0.39 is 20.0 Å². The number of rotatable bonds is 5. The lowest BCUT2D eigenvalue weighted by Crippen LogP contribution is -2.26. The summed E-state index contributed by atoms with van der Waals surface area (Å²) in [4.78, 5) is 30.5. The summed E-state index contributed by atoms with van der Waals surface area (Å²) in [7, 11) is -4.60. The Hall–Kier alpha value is -1.88. The molecule has 0 unspecified atom stereocenters. The molecule has 1 aliphatic heterocycles. The van der Waals surface area contributed by atoms with Crippen LogP contribution < -0.4 is 0 Å². The average molecular weight is 369 g/mol. The smallest absolute Gasteiger partial charge is 0.390 e. The second-order valence-electron chi connectivity index (χ2n) is 5.86. The summed E-state index contributed by atoms with van der Waals surface area (Å²) < 4.78 is 24.4. The van der Waals surface area contributed by atoms with E-state index in [1.54, 1.807) is 34.0 Å². The van der Waals surface area contributed by atoms with Gasteiger partial charge in [-0.25, -0.2) is 19.5 Å². The van der Waals surface area contributed by atoms with Gasteiger partial charge in [0, 0.05) is 18.8 Å². The Morgan fingerprint density at radius 2 is 2.12 bits per heavy atom. The van der Waals surface area contributed by atoms with E-state index in [0.717, 1.165) is 0 Å². The first-order valence-corrected chi connectivity index (χ1v) is 9.10. The molecule has 11 nitrogen and oxygen atoms in total. The maximum absolute atomic E-state index is 10.8. The molecule has 4 rings (SSSR count). The van der Waals surface area contributed by atoms with Crippen LogP contribution in [0.1, 0.15) is 6.42 Å². The fourth-order valence-corrected chi connectivity index (χ4v) is 3.32. The molecule has 0 saturated carbocycles. The summed E-state index contributed by atoms with van der Waals surface area (Å²) in [5.74, 6) is 0. The number of imidazole rings is 2. The third-order valence-corrected chi connectivity index (χ3v) is 4.59. The quantitative estimate of drug-likeness (QED) is 0.517. The van der Waals surface area contributed by atoms with Gasteiger partial charge in [-0.3, -0.25) is 8.92 Å². The normalized spacial score (nSPS) is 24.5. The van der Waals surface area contributed by atoms with Crippen LogP contribution in [0.3, 0.4) is 0 Å². The molecule has 3 atom stereocenters. The van der Waals surface area contributed by atoms with Crippen LogP contribution >= 0.6 is 7.82 Å². The molecule has 4 heterocycles. The molecule has 25 heavy (non-hydrogen) atoms. The maximum Gasteiger partial charge on any atom is 0.469 e. The van der Waals surface area contributed by atoms with Crippen LogP contribution in [0.25, 0.3) is 16.8 Å². The van der Waals surface area contributed by atoms with Crippen molar-refractivity contribution in [2.75, 3.05) is 6.61 Å². The summed E-state index contributed by atoms with van der Waals surface area (Å²) in [5, 5.41) is 10.00. The van der Waals surface area contributed by atoms with E-state index in [1.807, 2.05) is 0 Å². The van der Waals surface area contributed by atoms with Gasteiger partial charge in [0.05, 0.1) is 31.7 Å². The standard InChI is InChI=1S/C13H16N5O6P/c19-9-3-8(24-10(9)5-23-25(20,21)22)4-18-6-15-11-12-14-1-2-17(12)7-16-13(11)18/h1-2,6-10,19H,3-5H2,(H2,20,21,22)/t8-,9+,10-/m1/s1. The third kappa shape index (κ3) is 3.30. The highest BCUT2D eigenvalue weighted by Crippen LogP contribution is 2.37. The van der Waals surface area contributed by atoms with Gasteiger partial charge in [0.25, 0.3) is 0 Å². The highest BCUT2D eigenvalue weighted by atomic mass is 31.2. The average Bonchev–Trinajstić information content (AvgIpc) is 3.23. The van der Waals surface area contributed by atoms with Crippen molar-refractivity contribution >= 4 is 24.6 Å². The number of aliphatic hydroxyl groups is 1. The van der Waals surface area contributed by atoms with Crippen LogP contribution in [-0.2, 0) is 20.4 Å². The Kier molecular flexibility index (Phi) is 4.07. The van der Waals surface area contributed by atoms with Crippen molar-refractivity contribution < 1.29 is 28.7 Å². The number of aliphatic hydroxyl groups excluding tert-OH is 1. The first-order valence-electron chi connectivity index (χ1n) is 7.57. The van der Waals surface area contributed by atoms with E-state index in [1.165, 1.54) is 0 Å². The zero-order valence-electron chi connectivity index (χ0n) is 12.9. The highest BCUT2D eigenvalue weighted by Gasteiger charge is 2.36. The van der Waals surface area contributed by atoms with Crippen LogP contribution in [0, 0.1) is 0 Å². The van der Waals surface area contributed by atoms with E-state index >= 15 is 0 Å². The van der Waals surface area contributed by atoms with Gasteiger partial charge in [0.1, 0.15) is 12.4 Å². The fourth-order valence-electron chi connectivity index (χ4n) is 2.98. The van der Waals surface area contributed by atoms with Crippen LogP contribution in [0.5, 0.6) is 0 Å². The number of fused-ring (bicyclic) bond motifs is 3. The van der Waals surface area contributed by atoms with Gasteiger partial charge in [-0.15, -0.1) is 0 Å². The number of hydrogen-bond acceptors (Lipinski definition) is 7. The summed E-state index contributed by atoms with van der Waals surface area (Å²) in [6, 6.07) is 0. The van der Waals surface area contributed by atoms with Gasteiger partial charge in [-0.2, -0.15) is 0 Å². The predicted molar refractivity (Wildman–Crippen MR) is 83.6 cm³/mol. The van der Waals surface area contributed by atoms with Crippen LogP contribution in [0.15, 0.2) is 25.0 Å². The monoisotopic (exact) mass is 369 g/mol. The topological polar surface area (TPSA) is 144 Å². The molecule has 0 aliphatic carbocycles. The van der Waals surface area contributed by atoms with Gasteiger partial charge >= 0.3 is 7.82 Å². The van der Waals surface area contributed by atoms with Crippen molar-refractivity contribution in [2.24, 2.45) is 0 Å². The number of phosphoric acid groups is 1. The summed E-state index contributed by atoms with van der Waals surface area (Å²) in [6.07, 6.45) is 5.03. The Balaban J connectivity index is 1.49. The molecular weight excluding hydrogens is 353 g/mol. The van der Waals surface area contributed by atoms with Crippen molar-refractivity contribution in [1.29, 1.82) is 0 Å². The molecule has 12 heteroatoms. The van der Waals surface area contributed by atoms with E-state index in [9.17, 15) is 9.67 Å². The lowest BCUT2D eigenvalue weighted by molar-refractivity contribution is -0.0250. The number of ether oxygens (including phenoxy) is 1. The van der Waals surface area contributed by atoms with Gasteiger partial charge in [0.15, 0.2) is 16.8 Å². The van der Waals surface area contributed by atoms with Crippen LogP contribution in [-0.4, -0.2) is 63.7 Å². The Bertz CT molecular complexity index is 951. The number of aromatic nitrogens is 5. The van der Waals surface area contributed by atoms with Crippen molar-refractivity contribution in [3.05, 3.63) is 25.0 Å². The lowest BCUT2D eigenvalue weighted by Gasteiger charge is -2.15. The highest BCUT2D eigenvalue weighted by molar-refractivity contribution is 7.46. The molecule has 3 aromatic heterocycles. The Morgan fingerprint density at radius 1 is 1.28 bits per heavy atom. The minimum atomic E-state index is -4.60. The Labute approximate surface area is 141 Å². The second kappa shape index (κ2) is 6.13. The van der Waals surface area contributed by atoms with Gasteiger partial charge in [-0.05, 0) is 0 Å². The fraction of sp³-hybridized carbons (Fsp3) is 0.462. The molecule has 1 saturated heterocycles. The molecule has 1 aliphatic rings. The minimum Gasteiger partial charge on any atom is -0.390 e. The molecule has 0 amide bonds. The first-order chi connectivity index (χ1) is 11.9. The first kappa shape index (κ1) is 16.6. The van der Waals surface area contributed by atoms with E-state index in [2.05, 4.69) is 19.5 Å². The molecule has 0 bridgehead atoms. The van der Waals surface area contributed by atoms with E-state index in [0.29, 0.717) is 29.8 Å². The van der Waals surface area contributed by atoms with Gasteiger partial charge in [-0.1, -0.05) is 0 Å². The SMILES string of the molecule is O=P(O)(O)OC[C@H]1O[C@@H](Cn2cnc3c2ncn2ccnc32)C[C@@H]1O. The molecule has 134 valence electrons. The van der Waals surface area contributed by atoms with Crippen LogP contribution in [0.2, 0.25) is 0 Å². The zero-order chi connectivity index (χ0) is 17.6. The maximum atomic E-state index is 10.8. The molecule has 0 spiro atoms. The van der Waals surface area contributed by atoms with Crippen molar-refractivity contribution in [3.63, 3.8) is 0 Å². The largest absolute Gasteiger partial charge is 0.469 e. The molecule has 0 radical (unpaired) electrons. The van der Waals surface area contributed by atoms with Crippen molar-refractivity contribution in [3.8, 4) is 0 Å². The predicted octanol–water partition coefficient (Wildman–Crippen LogP) is -0.293. The van der Waals surface area contributed by atoms with Crippen molar-refractivity contribution in [2.45, 2.75) is 31.3 Å². The second-order valence-corrected chi connectivity index (χ2v) is 7.10. The molecule has 1 fully saturated rings. The number of phosphoric ester groups is 1. The van der Waals surface area contributed by atoms with E-state index in [-0.39, 0.29) is 12.7 Å². The molecular formula is C13H16N5O6P. The molecule has 0 aromatic carbocycles. The molecule has 3 N–H and O–H groups in total. The van der Waals surface area contributed by atoms with Crippen LogP contribution in [0.4, 0.5) is 0 Å². The zero-order valence-corrected chi connectivity index (χ0v) is 13.8. The Morgan fingerprint density at radius 3 is 2.92 bits per heavy atom. The third-order valence-electron chi connectivity index (χ3n) is 4.10.